The van der Waals surface area contributed by atoms with Gasteiger partial charge in [-0.05, 0) is 41.3 Å². The molecule has 2 aliphatic heterocycles. The summed E-state index contributed by atoms with van der Waals surface area (Å²) in [5.41, 5.74) is 6.85. The van der Waals surface area contributed by atoms with Crippen molar-refractivity contribution in [3.05, 3.63) is 47.5 Å². The van der Waals surface area contributed by atoms with E-state index in [0.717, 1.165) is 25.3 Å². The van der Waals surface area contributed by atoms with E-state index in [1.54, 1.807) is 0 Å². The van der Waals surface area contributed by atoms with E-state index in [4.69, 9.17) is 4.74 Å². The second-order valence-corrected chi connectivity index (χ2v) is 6.39. The van der Waals surface area contributed by atoms with E-state index in [0.29, 0.717) is 0 Å². The second-order valence-electron chi connectivity index (χ2n) is 6.39. The zero-order chi connectivity index (χ0) is 13.7. The van der Waals surface area contributed by atoms with Gasteiger partial charge in [0.1, 0.15) is 5.75 Å². The number of rotatable bonds is 1. The standard InChI is InChI=1S/C18H19NO/c1-18(2)11-20-17-7-6-12(10-15(17)18)13-4-3-5-16-14(13)8-9-19-16/h3-7,10,19H,8-9,11H2,1-2H3. The molecule has 0 amide bonds. The molecule has 0 bridgehead atoms. The van der Waals surface area contributed by atoms with Gasteiger partial charge in [0.15, 0.2) is 0 Å². The van der Waals surface area contributed by atoms with Crippen LogP contribution in [0.5, 0.6) is 5.75 Å². The molecule has 102 valence electrons. The molecule has 0 aromatic heterocycles. The van der Waals surface area contributed by atoms with Gasteiger partial charge in [-0.1, -0.05) is 32.0 Å². The smallest absolute Gasteiger partial charge is 0.123 e. The summed E-state index contributed by atoms with van der Waals surface area (Å²) in [4.78, 5) is 0. The lowest BCUT2D eigenvalue weighted by molar-refractivity contribution is 0.291. The van der Waals surface area contributed by atoms with Crippen molar-refractivity contribution >= 4 is 5.69 Å². The van der Waals surface area contributed by atoms with E-state index in [2.05, 4.69) is 55.6 Å². The molecule has 0 saturated heterocycles. The zero-order valence-electron chi connectivity index (χ0n) is 12.0. The molecule has 2 heteroatoms. The van der Waals surface area contributed by atoms with Gasteiger partial charge >= 0.3 is 0 Å². The summed E-state index contributed by atoms with van der Waals surface area (Å²) in [7, 11) is 0. The number of fused-ring (bicyclic) bond motifs is 2. The van der Waals surface area contributed by atoms with Crippen LogP contribution in [0.4, 0.5) is 5.69 Å². The minimum atomic E-state index is 0.113. The van der Waals surface area contributed by atoms with Crippen molar-refractivity contribution in [1.29, 1.82) is 0 Å². The Balaban J connectivity index is 1.87. The molecule has 0 spiro atoms. The van der Waals surface area contributed by atoms with E-state index in [1.165, 1.54) is 27.9 Å². The predicted molar refractivity (Wildman–Crippen MR) is 82.6 cm³/mol. The molecular weight excluding hydrogens is 246 g/mol. The van der Waals surface area contributed by atoms with Gasteiger partial charge in [0.2, 0.25) is 0 Å². The van der Waals surface area contributed by atoms with E-state index >= 15 is 0 Å². The minimum absolute atomic E-state index is 0.113. The van der Waals surface area contributed by atoms with Crippen molar-refractivity contribution in [1.82, 2.24) is 0 Å². The van der Waals surface area contributed by atoms with Crippen molar-refractivity contribution < 1.29 is 4.74 Å². The molecule has 4 rings (SSSR count). The number of benzene rings is 2. The molecule has 0 saturated carbocycles. The summed E-state index contributed by atoms with van der Waals surface area (Å²) < 4.78 is 5.78. The summed E-state index contributed by atoms with van der Waals surface area (Å²) in [6, 6.07) is 13.2. The molecule has 0 atom stereocenters. The van der Waals surface area contributed by atoms with Crippen LogP contribution >= 0.6 is 0 Å². The molecule has 0 radical (unpaired) electrons. The number of ether oxygens (including phenoxy) is 1. The third-order valence-electron chi connectivity index (χ3n) is 4.47. The fourth-order valence-electron chi connectivity index (χ4n) is 3.30. The quantitative estimate of drug-likeness (QED) is 0.841. The first kappa shape index (κ1) is 11.8. The number of hydrogen-bond donors (Lipinski definition) is 1. The maximum atomic E-state index is 5.78. The van der Waals surface area contributed by atoms with E-state index < -0.39 is 0 Å². The number of nitrogens with one attached hydrogen (secondary N) is 1. The first-order valence-corrected chi connectivity index (χ1v) is 7.29. The Bertz CT molecular complexity index is 688. The molecule has 2 aliphatic rings. The van der Waals surface area contributed by atoms with Crippen LogP contribution < -0.4 is 10.1 Å². The van der Waals surface area contributed by atoms with Gasteiger partial charge in [0.25, 0.3) is 0 Å². The largest absolute Gasteiger partial charge is 0.492 e. The molecule has 2 aromatic carbocycles. The lowest BCUT2D eigenvalue weighted by Gasteiger charge is -2.16. The summed E-state index contributed by atoms with van der Waals surface area (Å²) >= 11 is 0. The molecule has 0 unspecified atom stereocenters. The van der Waals surface area contributed by atoms with Gasteiger partial charge in [0.05, 0.1) is 6.61 Å². The molecule has 2 heterocycles. The summed E-state index contributed by atoms with van der Waals surface area (Å²) in [6.45, 7) is 6.32. The fraction of sp³-hybridized carbons (Fsp3) is 0.333. The Morgan fingerprint density at radius 1 is 1.15 bits per heavy atom. The number of anilines is 1. The van der Waals surface area contributed by atoms with Crippen LogP contribution in [-0.4, -0.2) is 13.2 Å². The van der Waals surface area contributed by atoms with E-state index in [-0.39, 0.29) is 5.41 Å². The monoisotopic (exact) mass is 265 g/mol. The van der Waals surface area contributed by atoms with Crippen molar-refractivity contribution in [2.75, 3.05) is 18.5 Å². The maximum absolute atomic E-state index is 5.78. The Morgan fingerprint density at radius 2 is 2.05 bits per heavy atom. The van der Waals surface area contributed by atoms with Crippen molar-refractivity contribution in [2.45, 2.75) is 25.7 Å². The normalized spacial score (nSPS) is 18.1. The minimum Gasteiger partial charge on any atom is -0.492 e. The SMILES string of the molecule is CC1(C)COc2ccc(-c3cccc4c3CCN4)cc21. The highest BCUT2D eigenvalue weighted by atomic mass is 16.5. The first-order valence-electron chi connectivity index (χ1n) is 7.29. The Morgan fingerprint density at radius 3 is 2.95 bits per heavy atom. The van der Waals surface area contributed by atoms with Gasteiger partial charge in [-0.15, -0.1) is 0 Å². The molecule has 0 fully saturated rings. The lowest BCUT2D eigenvalue weighted by atomic mass is 9.85. The molecular formula is C18H19NO. The third-order valence-corrected chi connectivity index (χ3v) is 4.47. The summed E-state index contributed by atoms with van der Waals surface area (Å²) in [6.07, 6.45) is 1.11. The van der Waals surface area contributed by atoms with Crippen molar-refractivity contribution in [3.8, 4) is 16.9 Å². The topological polar surface area (TPSA) is 21.3 Å². The van der Waals surface area contributed by atoms with Gasteiger partial charge < -0.3 is 10.1 Å². The van der Waals surface area contributed by atoms with Crippen molar-refractivity contribution in [3.63, 3.8) is 0 Å². The average molecular weight is 265 g/mol. The Kier molecular flexibility index (Phi) is 2.38. The third kappa shape index (κ3) is 1.64. The summed E-state index contributed by atoms with van der Waals surface area (Å²) in [5, 5.41) is 3.45. The predicted octanol–water partition coefficient (Wildman–Crippen LogP) is 3.99. The lowest BCUT2D eigenvalue weighted by Crippen LogP contribution is -2.18. The molecule has 0 aliphatic carbocycles. The van der Waals surface area contributed by atoms with Gasteiger partial charge in [-0.25, -0.2) is 0 Å². The molecule has 2 nitrogen and oxygen atoms in total. The van der Waals surface area contributed by atoms with Crippen LogP contribution in [0.2, 0.25) is 0 Å². The fourth-order valence-corrected chi connectivity index (χ4v) is 3.30. The molecule has 2 aromatic rings. The van der Waals surface area contributed by atoms with Crippen LogP contribution in [0.15, 0.2) is 36.4 Å². The maximum Gasteiger partial charge on any atom is 0.123 e. The van der Waals surface area contributed by atoms with E-state index in [1.807, 2.05) is 0 Å². The first-order chi connectivity index (χ1) is 9.65. The average Bonchev–Trinajstić information content (AvgIpc) is 3.03. The van der Waals surface area contributed by atoms with Crippen LogP contribution in [0, 0.1) is 0 Å². The van der Waals surface area contributed by atoms with Crippen molar-refractivity contribution in [2.24, 2.45) is 0 Å². The number of hydrogen-bond acceptors (Lipinski definition) is 2. The van der Waals surface area contributed by atoms with Crippen LogP contribution in [0.25, 0.3) is 11.1 Å². The highest BCUT2D eigenvalue weighted by molar-refractivity contribution is 5.77. The molecule has 20 heavy (non-hydrogen) atoms. The van der Waals surface area contributed by atoms with Gasteiger partial charge in [-0.2, -0.15) is 0 Å². The van der Waals surface area contributed by atoms with Crippen LogP contribution in [0.3, 0.4) is 0 Å². The van der Waals surface area contributed by atoms with Crippen LogP contribution in [-0.2, 0) is 11.8 Å². The zero-order valence-corrected chi connectivity index (χ0v) is 12.0. The van der Waals surface area contributed by atoms with E-state index in [9.17, 15) is 0 Å². The molecule has 1 N–H and O–H groups in total. The van der Waals surface area contributed by atoms with Gasteiger partial charge in [-0.3, -0.25) is 0 Å². The summed E-state index contributed by atoms with van der Waals surface area (Å²) in [5.74, 6) is 1.05. The Labute approximate surface area is 119 Å². The highest BCUT2D eigenvalue weighted by Gasteiger charge is 2.32. The van der Waals surface area contributed by atoms with Crippen LogP contribution in [0.1, 0.15) is 25.0 Å². The Hall–Kier alpha value is -1.96. The second kappa shape index (κ2) is 4.02. The van der Waals surface area contributed by atoms with Gasteiger partial charge in [0, 0.05) is 23.2 Å². The highest BCUT2D eigenvalue weighted by Crippen LogP contribution is 2.42.